The van der Waals surface area contributed by atoms with Crippen LogP contribution in [0.25, 0.3) is 0 Å². The molecule has 19 heavy (non-hydrogen) atoms. The number of hydrogen-bond acceptors (Lipinski definition) is 4. The van der Waals surface area contributed by atoms with Crippen LogP contribution in [0.5, 0.6) is 5.75 Å². The molecule has 2 aromatic rings. The molecule has 0 radical (unpaired) electrons. The van der Waals surface area contributed by atoms with Gasteiger partial charge in [0.05, 0.1) is 6.61 Å². The van der Waals surface area contributed by atoms with Gasteiger partial charge in [0.2, 0.25) is 0 Å². The van der Waals surface area contributed by atoms with Gasteiger partial charge in [0.15, 0.2) is 0 Å². The summed E-state index contributed by atoms with van der Waals surface area (Å²) in [5, 5.41) is 11.4. The summed E-state index contributed by atoms with van der Waals surface area (Å²) < 4.78 is 6.05. The first-order valence-electron chi connectivity index (χ1n) is 6.28. The van der Waals surface area contributed by atoms with Crippen LogP contribution in [0.15, 0.2) is 35.7 Å². The SMILES string of the molecule is Cc1ccsc1C(Oc1ccccc1CO)C(C)N. The smallest absolute Gasteiger partial charge is 0.148 e. The average molecular weight is 277 g/mol. The summed E-state index contributed by atoms with van der Waals surface area (Å²) in [6.07, 6.45) is -0.187. The highest BCUT2D eigenvalue weighted by Gasteiger charge is 2.22. The second-order valence-corrected chi connectivity index (χ2v) is 5.58. The van der Waals surface area contributed by atoms with Gasteiger partial charge in [-0.1, -0.05) is 18.2 Å². The van der Waals surface area contributed by atoms with Crippen LogP contribution in [0.3, 0.4) is 0 Å². The number of ether oxygens (including phenoxy) is 1. The van der Waals surface area contributed by atoms with E-state index >= 15 is 0 Å². The molecule has 0 bridgehead atoms. The molecule has 1 heterocycles. The second kappa shape index (κ2) is 6.19. The Kier molecular flexibility index (Phi) is 4.58. The number of para-hydroxylation sites is 1. The third-order valence-electron chi connectivity index (χ3n) is 3.03. The maximum atomic E-state index is 9.35. The van der Waals surface area contributed by atoms with Crippen molar-refractivity contribution in [2.45, 2.75) is 32.6 Å². The van der Waals surface area contributed by atoms with Crippen LogP contribution in [-0.2, 0) is 6.61 Å². The normalized spacial score (nSPS) is 14.1. The molecule has 0 aliphatic carbocycles. The van der Waals surface area contributed by atoms with Gasteiger partial charge in [0.25, 0.3) is 0 Å². The highest BCUT2D eigenvalue weighted by atomic mass is 32.1. The van der Waals surface area contributed by atoms with Crippen LogP contribution in [0.4, 0.5) is 0 Å². The quantitative estimate of drug-likeness (QED) is 0.883. The van der Waals surface area contributed by atoms with Gasteiger partial charge in [-0.25, -0.2) is 0 Å². The zero-order chi connectivity index (χ0) is 13.8. The number of nitrogens with two attached hydrogens (primary N) is 1. The largest absolute Gasteiger partial charge is 0.483 e. The molecule has 0 aliphatic rings. The minimum absolute atomic E-state index is 0.0364. The van der Waals surface area contributed by atoms with Crippen LogP contribution in [-0.4, -0.2) is 11.1 Å². The van der Waals surface area contributed by atoms with Crippen molar-refractivity contribution in [1.29, 1.82) is 0 Å². The van der Waals surface area contributed by atoms with E-state index in [0.29, 0.717) is 5.75 Å². The number of aryl methyl sites for hydroxylation is 1. The van der Waals surface area contributed by atoms with Crippen LogP contribution in [0.1, 0.15) is 29.0 Å². The molecule has 3 N–H and O–H groups in total. The first kappa shape index (κ1) is 14.1. The number of benzene rings is 1. The van der Waals surface area contributed by atoms with Gasteiger partial charge in [-0.05, 0) is 36.9 Å². The van der Waals surface area contributed by atoms with Crippen molar-refractivity contribution in [3.8, 4) is 5.75 Å². The summed E-state index contributed by atoms with van der Waals surface area (Å²) in [5.41, 5.74) is 8.02. The maximum Gasteiger partial charge on any atom is 0.148 e. The van der Waals surface area contributed by atoms with E-state index < -0.39 is 0 Å². The molecule has 0 saturated heterocycles. The van der Waals surface area contributed by atoms with E-state index in [-0.39, 0.29) is 18.8 Å². The summed E-state index contributed by atoms with van der Waals surface area (Å²) >= 11 is 1.65. The van der Waals surface area contributed by atoms with E-state index in [1.165, 1.54) is 5.56 Å². The van der Waals surface area contributed by atoms with Crippen molar-refractivity contribution in [3.63, 3.8) is 0 Å². The number of rotatable bonds is 5. The number of aliphatic hydroxyl groups is 1. The third kappa shape index (κ3) is 3.15. The molecule has 102 valence electrons. The van der Waals surface area contributed by atoms with Crippen molar-refractivity contribution in [2.24, 2.45) is 5.73 Å². The van der Waals surface area contributed by atoms with Crippen LogP contribution >= 0.6 is 11.3 Å². The first-order valence-corrected chi connectivity index (χ1v) is 7.16. The number of aliphatic hydroxyl groups excluding tert-OH is 1. The summed E-state index contributed by atoms with van der Waals surface area (Å²) in [6.45, 7) is 3.96. The Balaban J connectivity index is 2.30. The fraction of sp³-hybridized carbons (Fsp3) is 0.333. The standard InChI is InChI=1S/C15H19NO2S/c1-10-7-8-19-15(10)14(11(2)16)18-13-6-4-3-5-12(13)9-17/h3-8,11,14,17H,9,16H2,1-2H3. The zero-order valence-corrected chi connectivity index (χ0v) is 12.0. The highest BCUT2D eigenvalue weighted by molar-refractivity contribution is 7.10. The lowest BCUT2D eigenvalue weighted by Crippen LogP contribution is -2.29. The molecule has 4 heteroatoms. The van der Waals surface area contributed by atoms with Gasteiger partial charge in [-0.15, -0.1) is 11.3 Å². The van der Waals surface area contributed by atoms with Crippen LogP contribution < -0.4 is 10.5 Å². The lowest BCUT2D eigenvalue weighted by molar-refractivity contribution is 0.176. The van der Waals surface area contributed by atoms with E-state index in [9.17, 15) is 5.11 Å². The molecule has 0 aliphatic heterocycles. The third-order valence-corrected chi connectivity index (χ3v) is 4.11. The van der Waals surface area contributed by atoms with Gasteiger partial charge in [-0.3, -0.25) is 0 Å². The topological polar surface area (TPSA) is 55.5 Å². The fourth-order valence-electron chi connectivity index (χ4n) is 1.96. The van der Waals surface area contributed by atoms with Gasteiger partial charge in [0.1, 0.15) is 11.9 Å². The second-order valence-electron chi connectivity index (χ2n) is 4.63. The van der Waals surface area contributed by atoms with Crippen molar-refractivity contribution < 1.29 is 9.84 Å². The van der Waals surface area contributed by atoms with E-state index in [1.54, 1.807) is 11.3 Å². The summed E-state index contributed by atoms with van der Waals surface area (Å²) in [7, 11) is 0. The lowest BCUT2D eigenvalue weighted by atomic mass is 10.1. The van der Waals surface area contributed by atoms with Crippen LogP contribution in [0.2, 0.25) is 0 Å². The Morgan fingerprint density at radius 2 is 2.05 bits per heavy atom. The van der Waals surface area contributed by atoms with Gasteiger partial charge in [-0.2, -0.15) is 0 Å². The summed E-state index contributed by atoms with van der Waals surface area (Å²) in [6, 6.07) is 9.45. The van der Waals surface area contributed by atoms with Crippen molar-refractivity contribution in [1.82, 2.24) is 0 Å². The number of thiophene rings is 1. The van der Waals surface area contributed by atoms with E-state index in [1.807, 2.05) is 36.6 Å². The maximum absolute atomic E-state index is 9.35. The molecule has 0 spiro atoms. The van der Waals surface area contributed by atoms with Crippen molar-refractivity contribution in [3.05, 3.63) is 51.7 Å². The predicted molar refractivity (Wildman–Crippen MR) is 78.4 cm³/mol. The Morgan fingerprint density at radius 3 is 2.63 bits per heavy atom. The molecule has 0 fully saturated rings. The van der Waals surface area contributed by atoms with Gasteiger partial charge >= 0.3 is 0 Å². The van der Waals surface area contributed by atoms with E-state index in [0.717, 1.165) is 10.4 Å². The Morgan fingerprint density at radius 1 is 1.32 bits per heavy atom. The lowest BCUT2D eigenvalue weighted by Gasteiger charge is -2.23. The summed E-state index contributed by atoms with van der Waals surface area (Å²) in [4.78, 5) is 1.14. The molecular formula is C15H19NO2S. The molecule has 2 atom stereocenters. The Labute approximate surface area is 117 Å². The van der Waals surface area contributed by atoms with Crippen molar-refractivity contribution >= 4 is 11.3 Å². The molecule has 3 nitrogen and oxygen atoms in total. The number of hydrogen-bond donors (Lipinski definition) is 2. The van der Waals surface area contributed by atoms with Gasteiger partial charge in [0, 0.05) is 16.5 Å². The molecule has 0 amide bonds. The van der Waals surface area contributed by atoms with Crippen LogP contribution in [0, 0.1) is 6.92 Å². The minimum atomic E-state index is -0.187. The molecule has 2 rings (SSSR count). The summed E-state index contributed by atoms with van der Waals surface area (Å²) in [5.74, 6) is 0.695. The van der Waals surface area contributed by atoms with E-state index in [2.05, 4.69) is 13.0 Å². The van der Waals surface area contributed by atoms with Crippen molar-refractivity contribution in [2.75, 3.05) is 0 Å². The molecule has 1 aromatic carbocycles. The Hall–Kier alpha value is -1.36. The zero-order valence-electron chi connectivity index (χ0n) is 11.2. The predicted octanol–water partition coefficient (Wildman–Crippen LogP) is 3.02. The molecular weight excluding hydrogens is 258 g/mol. The van der Waals surface area contributed by atoms with E-state index in [4.69, 9.17) is 10.5 Å². The Bertz CT molecular complexity index is 536. The molecule has 2 unspecified atom stereocenters. The molecule has 1 aromatic heterocycles. The fourth-order valence-corrected chi connectivity index (χ4v) is 3.03. The minimum Gasteiger partial charge on any atom is -0.483 e. The molecule has 0 saturated carbocycles. The van der Waals surface area contributed by atoms with Gasteiger partial charge < -0.3 is 15.6 Å². The highest BCUT2D eigenvalue weighted by Crippen LogP contribution is 2.31. The average Bonchev–Trinajstić information content (AvgIpc) is 2.82. The first-order chi connectivity index (χ1) is 9.13. The monoisotopic (exact) mass is 277 g/mol.